The molecule has 10 heteroatoms. The van der Waals surface area contributed by atoms with E-state index >= 15 is 0 Å². The molecular weight excluding hydrogens is 450 g/mol. The lowest BCUT2D eigenvalue weighted by molar-refractivity contribution is -0.135. The molecule has 1 aromatic carbocycles. The largest absolute Gasteiger partial charge is 0.332 e. The van der Waals surface area contributed by atoms with Gasteiger partial charge in [0.25, 0.3) is 10.0 Å². The Hall–Kier alpha value is -1.52. The lowest BCUT2D eigenvalue weighted by Gasteiger charge is -2.35. The number of thiazole rings is 1. The van der Waals surface area contributed by atoms with Gasteiger partial charge in [-0.15, -0.1) is 22.7 Å². The predicted octanol–water partition coefficient (Wildman–Crippen LogP) is 4.39. The van der Waals surface area contributed by atoms with Crippen molar-refractivity contribution >= 4 is 60.4 Å². The number of halogens is 1. The van der Waals surface area contributed by atoms with Crippen LogP contribution in [0.4, 0.5) is 0 Å². The van der Waals surface area contributed by atoms with Crippen LogP contribution >= 0.6 is 34.3 Å². The third-order valence-corrected chi connectivity index (χ3v) is 9.63. The van der Waals surface area contributed by atoms with Crippen molar-refractivity contribution in [2.45, 2.75) is 29.5 Å². The Kier molecular flexibility index (Phi) is 5.94. The molecule has 29 heavy (non-hydrogen) atoms. The van der Waals surface area contributed by atoms with Crippen LogP contribution in [0.3, 0.4) is 0 Å². The van der Waals surface area contributed by atoms with Crippen LogP contribution in [0.15, 0.2) is 40.6 Å². The monoisotopic (exact) mass is 469 g/mol. The molecule has 0 bridgehead atoms. The van der Waals surface area contributed by atoms with E-state index in [-0.39, 0.29) is 22.7 Å². The second kappa shape index (κ2) is 8.31. The van der Waals surface area contributed by atoms with E-state index in [1.54, 1.807) is 22.3 Å². The Morgan fingerprint density at radius 2 is 2.03 bits per heavy atom. The highest BCUT2D eigenvalue weighted by molar-refractivity contribution is 7.91. The number of piperidine rings is 1. The number of likely N-dealkylation sites (N-methyl/N-ethyl adjacent to an activating group) is 1. The summed E-state index contributed by atoms with van der Waals surface area (Å²) in [4.78, 5) is 19.6. The van der Waals surface area contributed by atoms with Gasteiger partial charge in [0, 0.05) is 13.6 Å². The molecule has 0 saturated carbocycles. The summed E-state index contributed by atoms with van der Waals surface area (Å²) in [6.45, 7) is 0.400. The maximum atomic E-state index is 13.1. The first-order chi connectivity index (χ1) is 13.9. The molecule has 2 aromatic heterocycles. The second-order valence-corrected chi connectivity index (χ2v) is 12.0. The molecule has 3 heterocycles. The Balaban J connectivity index is 1.54. The zero-order valence-electron chi connectivity index (χ0n) is 15.7. The number of fused-ring (bicyclic) bond motifs is 1. The summed E-state index contributed by atoms with van der Waals surface area (Å²) in [5.41, 5.74) is 0.930. The second-order valence-electron chi connectivity index (χ2n) is 6.94. The van der Waals surface area contributed by atoms with Gasteiger partial charge in [0.1, 0.15) is 9.22 Å². The lowest BCUT2D eigenvalue weighted by atomic mass is 10.0. The van der Waals surface area contributed by atoms with Gasteiger partial charge >= 0.3 is 0 Å². The van der Waals surface area contributed by atoms with Crippen LogP contribution in [-0.4, -0.2) is 48.7 Å². The summed E-state index contributed by atoms with van der Waals surface area (Å²) in [5, 5.41) is 0.912. The van der Waals surface area contributed by atoms with E-state index in [0.717, 1.165) is 50.1 Å². The summed E-state index contributed by atoms with van der Waals surface area (Å²) < 4.78 is 28.2. The van der Waals surface area contributed by atoms with Gasteiger partial charge in [0.15, 0.2) is 0 Å². The molecule has 6 nitrogen and oxygen atoms in total. The molecule has 0 aliphatic carbocycles. The maximum absolute atomic E-state index is 13.1. The molecule has 154 valence electrons. The van der Waals surface area contributed by atoms with Crippen molar-refractivity contribution < 1.29 is 13.2 Å². The van der Waals surface area contributed by atoms with Crippen molar-refractivity contribution in [1.29, 1.82) is 0 Å². The smallest absolute Gasteiger partial charge is 0.252 e. The minimum absolute atomic E-state index is 0.110. The van der Waals surface area contributed by atoms with Gasteiger partial charge in [0.2, 0.25) is 5.91 Å². The third-order valence-electron chi connectivity index (χ3n) is 4.99. The van der Waals surface area contributed by atoms with Crippen molar-refractivity contribution in [3.05, 3.63) is 45.7 Å². The minimum Gasteiger partial charge on any atom is -0.332 e. The number of nitrogens with zero attached hydrogens (tertiary/aromatic N) is 3. The SMILES string of the molecule is CN(CC(=O)N1CCCCC1c1nc2ccccc2s1)S(=O)(=O)c1ccc(Cl)s1. The number of aromatic nitrogens is 1. The van der Waals surface area contributed by atoms with Gasteiger partial charge in [-0.3, -0.25) is 4.79 Å². The summed E-state index contributed by atoms with van der Waals surface area (Å²) in [6, 6.07) is 10.8. The molecule has 0 radical (unpaired) electrons. The first-order valence-corrected chi connectivity index (χ1v) is 12.7. The van der Waals surface area contributed by atoms with Gasteiger partial charge < -0.3 is 4.90 Å². The Bertz CT molecular complexity index is 1110. The highest BCUT2D eigenvalue weighted by Crippen LogP contribution is 2.36. The molecule has 1 saturated heterocycles. The fourth-order valence-electron chi connectivity index (χ4n) is 3.48. The van der Waals surface area contributed by atoms with Crippen molar-refractivity contribution in [3.63, 3.8) is 0 Å². The minimum atomic E-state index is -3.75. The number of hydrogen-bond donors (Lipinski definition) is 0. The first-order valence-electron chi connectivity index (χ1n) is 9.23. The van der Waals surface area contributed by atoms with E-state index in [1.165, 1.54) is 13.1 Å². The first kappa shape index (κ1) is 20.7. The highest BCUT2D eigenvalue weighted by atomic mass is 35.5. The van der Waals surface area contributed by atoms with Crippen LogP contribution in [0.25, 0.3) is 10.2 Å². The van der Waals surface area contributed by atoms with Crippen LogP contribution in [0, 0.1) is 0 Å². The topological polar surface area (TPSA) is 70.6 Å². The number of rotatable bonds is 5. The van der Waals surface area contributed by atoms with Gasteiger partial charge in [-0.05, 0) is 43.5 Å². The van der Waals surface area contributed by atoms with Crippen LogP contribution in [0.5, 0.6) is 0 Å². The number of benzene rings is 1. The standard InChI is InChI=1S/C19H20ClN3O3S3/c1-22(29(25,26)18-10-9-16(20)28-18)12-17(24)23-11-5-4-7-14(23)19-21-13-6-2-3-8-15(13)27-19/h2-3,6,8-10,14H,4-5,7,11-12H2,1H3. The van der Waals surface area contributed by atoms with Gasteiger partial charge in [-0.2, -0.15) is 4.31 Å². The van der Waals surface area contributed by atoms with Gasteiger partial charge in [-0.1, -0.05) is 23.7 Å². The summed E-state index contributed by atoms with van der Waals surface area (Å²) in [7, 11) is -2.32. The van der Waals surface area contributed by atoms with E-state index < -0.39 is 10.0 Å². The number of carbonyl (C=O) groups is 1. The Morgan fingerprint density at radius 3 is 2.76 bits per heavy atom. The number of thiophene rings is 1. The van der Waals surface area contributed by atoms with Crippen LogP contribution in [-0.2, 0) is 14.8 Å². The molecule has 4 rings (SSSR count). The van der Waals surface area contributed by atoms with E-state index in [2.05, 4.69) is 0 Å². The van der Waals surface area contributed by atoms with Crippen molar-refractivity contribution in [3.8, 4) is 0 Å². The zero-order valence-corrected chi connectivity index (χ0v) is 19.0. The Labute approximate surface area is 182 Å². The number of hydrogen-bond acceptors (Lipinski definition) is 6. The number of sulfonamides is 1. The average molecular weight is 470 g/mol. The summed E-state index contributed by atoms with van der Waals surface area (Å²) in [6.07, 6.45) is 2.76. The molecule has 3 aromatic rings. The molecule has 1 aliphatic rings. The molecule has 1 amide bonds. The fourth-order valence-corrected chi connectivity index (χ4v) is 7.40. The summed E-state index contributed by atoms with van der Waals surface area (Å²) in [5.74, 6) is -0.206. The summed E-state index contributed by atoms with van der Waals surface area (Å²) >= 11 is 8.46. The fraction of sp³-hybridized carbons (Fsp3) is 0.368. The number of likely N-dealkylation sites (tertiary alicyclic amines) is 1. The molecule has 0 spiro atoms. The van der Waals surface area contributed by atoms with Gasteiger partial charge in [0.05, 0.1) is 27.1 Å². The molecular formula is C19H20ClN3O3S3. The number of amides is 1. The van der Waals surface area contributed by atoms with Crippen molar-refractivity contribution in [1.82, 2.24) is 14.2 Å². The molecule has 1 unspecified atom stereocenters. The van der Waals surface area contributed by atoms with Crippen LogP contribution in [0.2, 0.25) is 4.34 Å². The third kappa shape index (κ3) is 4.20. The van der Waals surface area contributed by atoms with E-state index in [0.29, 0.717) is 10.9 Å². The van der Waals surface area contributed by atoms with E-state index in [4.69, 9.17) is 16.6 Å². The van der Waals surface area contributed by atoms with E-state index in [1.807, 2.05) is 24.3 Å². The zero-order chi connectivity index (χ0) is 20.6. The molecule has 1 atom stereocenters. The lowest BCUT2D eigenvalue weighted by Crippen LogP contribution is -2.44. The maximum Gasteiger partial charge on any atom is 0.252 e. The predicted molar refractivity (Wildman–Crippen MR) is 117 cm³/mol. The molecule has 1 aliphatic heterocycles. The van der Waals surface area contributed by atoms with E-state index in [9.17, 15) is 13.2 Å². The van der Waals surface area contributed by atoms with Gasteiger partial charge in [-0.25, -0.2) is 13.4 Å². The normalized spacial score (nSPS) is 17.9. The molecule has 0 N–H and O–H groups in total. The van der Waals surface area contributed by atoms with Crippen LogP contribution in [0.1, 0.15) is 30.3 Å². The molecule has 1 fully saturated rings. The van der Waals surface area contributed by atoms with Crippen molar-refractivity contribution in [2.75, 3.05) is 20.1 Å². The quantitative estimate of drug-likeness (QED) is 0.555. The van der Waals surface area contributed by atoms with Crippen molar-refractivity contribution in [2.24, 2.45) is 0 Å². The highest BCUT2D eigenvalue weighted by Gasteiger charge is 2.33. The number of para-hydroxylation sites is 1. The van der Waals surface area contributed by atoms with Crippen LogP contribution < -0.4 is 0 Å². The Morgan fingerprint density at radius 1 is 1.24 bits per heavy atom. The average Bonchev–Trinajstić information content (AvgIpc) is 3.34. The number of carbonyl (C=O) groups excluding carboxylic acids is 1.